The second kappa shape index (κ2) is 19.7. The molecule has 0 saturated carbocycles. The van der Waals surface area contributed by atoms with Crippen LogP contribution in [-0.2, 0) is 42.4 Å². The summed E-state index contributed by atoms with van der Waals surface area (Å²) in [6, 6.07) is 7.21. The zero-order valence-corrected chi connectivity index (χ0v) is 41.6. The highest BCUT2D eigenvalue weighted by Crippen LogP contribution is 2.43. The first-order chi connectivity index (χ1) is 27.3. The van der Waals surface area contributed by atoms with Gasteiger partial charge < -0.3 is 32.5 Å². The normalized spacial score (nSPS) is 29.8. The van der Waals surface area contributed by atoms with Gasteiger partial charge in [0.15, 0.2) is 32.8 Å². The Kier molecular flexibility index (Phi) is 16.3. The van der Waals surface area contributed by atoms with E-state index in [9.17, 15) is 8.42 Å². The monoisotopic (exact) mass is 877 g/mol. The lowest BCUT2D eigenvalue weighted by atomic mass is 9.83. The largest absolute Gasteiger partial charge is 0.414 e. The molecule has 4 aliphatic rings. The molecule has 59 heavy (non-hydrogen) atoms. The van der Waals surface area contributed by atoms with Gasteiger partial charge in [0.25, 0.3) is 0 Å². The third-order valence-electron chi connectivity index (χ3n) is 14.4. The lowest BCUT2D eigenvalue weighted by Gasteiger charge is -2.42. The van der Waals surface area contributed by atoms with Crippen LogP contribution >= 0.6 is 0 Å². The van der Waals surface area contributed by atoms with Crippen LogP contribution in [0.15, 0.2) is 53.5 Å². The van der Waals surface area contributed by atoms with E-state index in [1.165, 1.54) is 0 Å². The van der Waals surface area contributed by atoms with Gasteiger partial charge in [-0.15, -0.1) is 0 Å². The number of benzene rings is 1. The zero-order valence-electron chi connectivity index (χ0n) is 38.8. The van der Waals surface area contributed by atoms with Gasteiger partial charge in [0, 0.05) is 25.2 Å². The molecule has 4 aliphatic heterocycles. The van der Waals surface area contributed by atoms with Gasteiger partial charge in [-0.1, -0.05) is 79.3 Å². The van der Waals surface area contributed by atoms with Gasteiger partial charge in [-0.25, -0.2) is 8.42 Å². The summed E-state index contributed by atoms with van der Waals surface area (Å²) in [5, 5.41) is 0.0909. The van der Waals surface area contributed by atoms with Gasteiger partial charge in [-0.3, -0.25) is 0 Å². The highest BCUT2D eigenvalue weighted by atomic mass is 32.2. The molecule has 4 saturated heterocycles. The fraction of sp³-hybridized carbons (Fsp3) is 0.787. The minimum Gasteiger partial charge on any atom is -0.414 e. The van der Waals surface area contributed by atoms with Gasteiger partial charge in [0.05, 0.1) is 73.2 Å². The van der Waals surface area contributed by atoms with E-state index in [2.05, 4.69) is 87.8 Å². The van der Waals surface area contributed by atoms with E-state index in [0.717, 1.165) is 55.2 Å². The Bertz CT molecular complexity index is 1660. The predicted molar refractivity (Wildman–Crippen MR) is 243 cm³/mol. The minimum atomic E-state index is -3.58. The first-order valence-corrected chi connectivity index (χ1v) is 30.0. The van der Waals surface area contributed by atoms with E-state index in [-0.39, 0.29) is 76.7 Å². The van der Waals surface area contributed by atoms with E-state index in [1.54, 1.807) is 12.1 Å². The molecule has 4 heterocycles. The lowest BCUT2D eigenvalue weighted by molar-refractivity contribution is -0.0766. The van der Waals surface area contributed by atoms with Crippen LogP contribution < -0.4 is 0 Å². The predicted octanol–water partition coefficient (Wildman–Crippen LogP) is 10.7. The Hall–Kier alpha value is -1.20. The molecule has 9 atom stereocenters. The molecule has 9 nitrogen and oxygen atoms in total. The SMILES string of the molecule is C=C1C[C@H](CCC2OCCO2)O[C@H]1CC[C@H]1C[C@H](C)C(=C)[C@@H](C[C@@H]2O[C@H](CC(CO[Si](C)(C)C(C)(C)C)O[Si](C)(C)C(C)(C)C)C[C@H]2CS(=O)(=O)c2ccc(C)cc2)O1. The van der Waals surface area contributed by atoms with Crippen LogP contribution in [0, 0.1) is 18.8 Å². The molecule has 5 rings (SSSR count). The summed E-state index contributed by atoms with van der Waals surface area (Å²) in [6.07, 6.45) is 6.27. The van der Waals surface area contributed by atoms with Crippen molar-refractivity contribution in [3.05, 3.63) is 54.1 Å². The van der Waals surface area contributed by atoms with E-state index < -0.39 is 26.5 Å². The molecule has 336 valence electrons. The topological polar surface area (TPSA) is 98.8 Å². The molecule has 1 unspecified atom stereocenters. The molecule has 1 aromatic rings. The van der Waals surface area contributed by atoms with Gasteiger partial charge in [-0.05, 0) is 111 Å². The van der Waals surface area contributed by atoms with Crippen LogP contribution in [-0.4, -0.2) is 99.6 Å². The second-order valence-electron chi connectivity index (χ2n) is 21.3. The first kappa shape index (κ1) is 48.8. The van der Waals surface area contributed by atoms with Crippen molar-refractivity contribution < 1.29 is 41.0 Å². The maximum atomic E-state index is 14.0. The molecule has 0 aliphatic carbocycles. The summed E-state index contributed by atoms with van der Waals surface area (Å²) in [5.74, 6) is 0.0816. The van der Waals surface area contributed by atoms with E-state index in [4.69, 9.17) is 32.5 Å². The molecule has 0 aromatic heterocycles. The molecule has 0 spiro atoms. The van der Waals surface area contributed by atoms with Gasteiger partial charge in [0.1, 0.15) is 0 Å². The highest BCUT2D eigenvalue weighted by Gasteiger charge is 2.46. The summed E-state index contributed by atoms with van der Waals surface area (Å²) < 4.78 is 73.7. The molecule has 1 aromatic carbocycles. The molecule has 12 heteroatoms. The quantitative estimate of drug-likeness (QED) is 0.105. The van der Waals surface area contributed by atoms with Crippen LogP contribution in [0.3, 0.4) is 0 Å². The van der Waals surface area contributed by atoms with Crippen LogP contribution in [0.1, 0.15) is 112 Å². The van der Waals surface area contributed by atoms with E-state index in [0.29, 0.717) is 44.0 Å². The second-order valence-corrected chi connectivity index (χ2v) is 32.9. The minimum absolute atomic E-state index is 0.0188. The molecule has 0 amide bonds. The highest BCUT2D eigenvalue weighted by molar-refractivity contribution is 7.91. The Labute approximate surface area is 360 Å². The van der Waals surface area contributed by atoms with Crippen molar-refractivity contribution in [2.24, 2.45) is 11.8 Å². The van der Waals surface area contributed by atoms with Crippen molar-refractivity contribution >= 4 is 26.5 Å². The fourth-order valence-electron chi connectivity index (χ4n) is 8.47. The molecule has 4 fully saturated rings. The maximum Gasteiger partial charge on any atom is 0.192 e. The average Bonchev–Trinajstić information content (AvgIpc) is 3.87. The molecule has 0 radical (unpaired) electrons. The van der Waals surface area contributed by atoms with Crippen molar-refractivity contribution in [3.63, 3.8) is 0 Å². The number of hydrogen-bond donors (Lipinski definition) is 0. The summed E-state index contributed by atoms with van der Waals surface area (Å²) >= 11 is 0. The summed E-state index contributed by atoms with van der Waals surface area (Å²) in [6.45, 7) is 37.7. The number of rotatable bonds is 18. The Morgan fingerprint density at radius 3 is 2.03 bits per heavy atom. The fourth-order valence-corrected chi connectivity index (χ4v) is 12.5. The van der Waals surface area contributed by atoms with Crippen molar-refractivity contribution in [2.75, 3.05) is 25.6 Å². The average molecular weight is 877 g/mol. The van der Waals surface area contributed by atoms with Crippen LogP contribution in [0.5, 0.6) is 0 Å². The Morgan fingerprint density at radius 1 is 0.797 bits per heavy atom. The third-order valence-corrected chi connectivity index (χ3v) is 25.3. The molecule has 0 N–H and O–H groups in total. The van der Waals surface area contributed by atoms with E-state index in [1.807, 2.05) is 19.1 Å². The third kappa shape index (κ3) is 13.2. The molecular formula is C47H80O9SSi2. The first-order valence-electron chi connectivity index (χ1n) is 22.5. The lowest BCUT2D eigenvalue weighted by Crippen LogP contribution is -2.48. The summed E-state index contributed by atoms with van der Waals surface area (Å²) in [4.78, 5) is 0.359. The number of hydrogen-bond acceptors (Lipinski definition) is 9. The van der Waals surface area contributed by atoms with Crippen LogP contribution in [0.25, 0.3) is 0 Å². The molecule has 0 bridgehead atoms. The number of aryl methyl sites for hydroxylation is 1. The standard InChI is InChI=1S/C47H80O9SSi2/c1-32-15-19-41(20-16-32)57(48,49)31-36-27-39(28-40(56-59(13,14)47(8,9)10)30-52-58(11,12)46(5,6)7)55-44(36)29-43-35(4)33(2)25-37(54-43)17-21-42-34(3)26-38(53-42)18-22-45-50-23-24-51-45/h15-16,19-20,33,36-40,42-45H,3-4,17-18,21-31H2,1-2,5-14H3/t33-,36-,37-,38-,39-,40?,42-,43+,44-/m0/s1. The number of ether oxygens (including phenoxy) is 5. The van der Waals surface area contributed by atoms with E-state index >= 15 is 0 Å². The molecular weight excluding hydrogens is 797 g/mol. The smallest absolute Gasteiger partial charge is 0.192 e. The van der Waals surface area contributed by atoms with Crippen molar-refractivity contribution in [1.29, 1.82) is 0 Å². The van der Waals surface area contributed by atoms with Crippen molar-refractivity contribution in [2.45, 2.75) is 203 Å². The van der Waals surface area contributed by atoms with Crippen molar-refractivity contribution in [1.82, 2.24) is 0 Å². The summed E-state index contributed by atoms with van der Waals surface area (Å²) in [5.41, 5.74) is 3.25. The number of sulfone groups is 1. The van der Waals surface area contributed by atoms with Crippen LogP contribution in [0.4, 0.5) is 0 Å². The zero-order chi connectivity index (χ0) is 43.6. The van der Waals surface area contributed by atoms with Gasteiger partial charge >= 0.3 is 0 Å². The Morgan fingerprint density at radius 2 is 1.41 bits per heavy atom. The maximum absolute atomic E-state index is 14.0. The Balaban J connectivity index is 1.29. The van der Waals surface area contributed by atoms with Crippen molar-refractivity contribution in [3.8, 4) is 0 Å². The van der Waals surface area contributed by atoms with Gasteiger partial charge in [0.2, 0.25) is 0 Å². The summed E-state index contributed by atoms with van der Waals surface area (Å²) in [7, 11) is -7.81. The van der Waals surface area contributed by atoms with Crippen LogP contribution in [0.2, 0.25) is 36.3 Å². The van der Waals surface area contributed by atoms with Gasteiger partial charge in [-0.2, -0.15) is 0 Å².